The van der Waals surface area contributed by atoms with Crippen LogP contribution in [0.5, 0.6) is 5.75 Å². The highest BCUT2D eigenvalue weighted by atomic mass is 19.1. The fourth-order valence-corrected chi connectivity index (χ4v) is 2.11. The Morgan fingerprint density at radius 1 is 1.55 bits per heavy atom. The van der Waals surface area contributed by atoms with Gasteiger partial charge in [0.05, 0.1) is 6.10 Å². The Kier molecular flexibility index (Phi) is 4.60. The number of likely N-dealkylation sites (N-methyl/N-ethyl adjacent to an activating group) is 1. The number of halogens is 1. The third-order valence-electron chi connectivity index (χ3n) is 3.46. The zero-order valence-corrected chi connectivity index (χ0v) is 11.8. The van der Waals surface area contributed by atoms with Gasteiger partial charge in [-0.1, -0.05) is 6.07 Å². The predicted octanol–water partition coefficient (Wildman–Crippen LogP) is 1.82. The molecule has 1 aromatic carbocycles. The van der Waals surface area contributed by atoms with Crippen LogP contribution in [0.25, 0.3) is 0 Å². The summed E-state index contributed by atoms with van der Waals surface area (Å²) in [6, 6.07) is 5.69. The Labute approximate surface area is 118 Å². The molecule has 1 fully saturated rings. The SMILES string of the molecule is CC(Oc1cccc(F)c1)C(=O)N(C)CC(O)C1CC1. The lowest BCUT2D eigenvalue weighted by molar-refractivity contribution is -0.138. The number of carbonyl (C=O) groups is 1. The monoisotopic (exact) mass is 281 g/mol. The Morgan fingerprint density at radius 2 is 2.25 bits per heavy atom. The number of aliphatic hydroxyl groups excluding tert-OH is 1. The van der Waals surface area contributed by atoms with Crippen LogP contribution in [-0.4, -0.2) is 41.7 Å². The van der Waals surface area contributed by atoms with Crippen LogP contribution in [-0.2, 0) is 4.79 Å². The third-order valence-corrected chi connectivity index (χ3v) is 3.46. The number of benzene rings is 1. The average Bonchev–Trinajstić information content (AvgIpc) is 3.21. The number of rotatable bonds is 6. The van der Waals surface area contributed by atoms with Crippen molar-refractivity contribution in [1.29, 1.82) is 0 Å². The molecule has 2 rings (SSSR count). The minimum absolute atomic E-state index is 0.228. The highest BCUT2D eigenvalue weighted by Gasteiger charge is 2.32. The molecule has 0 saturated heterocycles. The zero-order valence-electron chi connectivity index (χ0n) is 11.8. The molecule has 110 valence electrons. The fraction of sp³-hybridized carbons (Fsp3) is 0.533. The lowest BCUT2D eigenvalue weighted by atomic mass is 10.2. The van der Waals surface area contributed by atoms with E-state index in [0.29, 0.717) is 18.2 Å². The number of ether oxygens (including phenoxy) is 1. The topological polar surface area (TPSA) is 49.8 Å². The van der Waals surface area contributed by atoms with Crippen LogP contribution >= 0.6 is 0 Å². The van der Waals surface area contributed by atoms with Crippen molar-refractivity contribution in [2.24, 2.45) is 5.92 Å². The molecule has 0 aromatic heterocycles. The number of hydrogen-bond acceptors (Lipinski definition) is 3. The normalized spacial score (nSPS) is 17.4. The van der Waals surface area contributed by atoms with Gasteiger partial charge in [0.15, 0.2) is 6.10 Å². The first-order chi connectivity index (χ1) is 9.47. The molecule has 1 amide bonds. The molecule has 2 atom stereocenters. The Morgan fingerprint density at radius 3 is 2.85 bits per heavy atom. The maximum Gasteiger partial charge on any atom is 0.263 e. The molecule has 1 N–H and O–H groups in total. The molecule has 4 nitrogen and oxygen atoms in total. The van der Waals surface area contributed by atoms with Crippen LogP contribution in [0.2, 0.25) is 0 Å². The highest BCUT2D eigenvalue weighted by Crippen LogP contribution is 2.32. The van der Waals surface area contributed by atoms with Gasteiger partial charge in [0.1, 0.15) is 11.6 Å². The summed E-state index contributed by atoms with van der Waals surface area (Å²) in [5.41, 5.74) is 0. The van der Waals surface area contributed by atoms with Gasteiger partial charge in [0.2, 0.25) is 0 Å². The number of carbonyl (C=O) groups excluding carboxylic acids is 1. The second-order valence-corrected chi connectivity index (χ2v) is 5.34. The van der Waals surface area contributed by atoms with E-state index in [2.05, 4.69) is 0 Å². The second-order valence-electron chi connectivity index (χ2n) is 5.34. The quantitative estimate of drug-likeness (QED) is 0.865. The number of amides is 1. The average molecular weight is 281 g/mol. The van der Waals surface area contributed by atoms with Crippen LogP contribution in [0.1, 0.15) is 19.8 Å². The van der Waals surface area contributed by atoms with Crippen LogP contribution in [0.3, 0.4) is 0 Å². The molecule has 2 unspecified atom stereocenters. The number of nitrogens with zero attached hydrogens (tertiary/aromatic N) is 1. The molecule has 1 saturated carbocycles. The predicted molar refractivity (Wildman–Crippen MR) is 72.9 cm³/mol. The van der Waals surface area contributed by atoms with Crippen molar-refractivity contribution in [3.63, 3.8) is 0 Å². The Hall–Kier alpha value is -1.62. The molecular formula is C15H20FNO3. The van der Waals surface area contributed by atoms with Crippen molar-refractivity contribution in [3.8, 4) is 5.75 Å². The molecule has 1 aliphatic rings. The third kappa shape index (κ3) is 3.93. The van der Waals surface area contributed by atoms with Crippen molar-refractivity contribution in [3.05, 3.63) is 30.1 Å². The van der Waals surface area contributed by atoms with Crippen molar-refractivity contribution >= 4 is 5.91 Å². The maximum absolute atomic E-state index is 13.0. The summed E-state index contributed by atoms with van der Waals surface area (Å²) in [4.78, 5) is 13.6. The first kappa shape index (κ1) is 14.8. The molecule has 1 aromatic rings. The molecule has 0 radical (unpaired) electrons. The molecule has 0 spiro atoms. The van der Waals surface area contributed by atoms with E-state index in [0.717, 1.165) is 12.8 Å². The smallest absolute Gasteiger partial charge is 0.263 e. The molecule has 1 aliphatic carbocycles. The van der Waals surface area contributed by atoms with E-state index < -0.39 is 18.0 Å². The van der Waals surface area contributed by atoms with Gasteiger partial charge in [0.25, 0.3) is 5.91 Å². The van der Waals surface area contributed by atoms with E-state index in [1.165, 1.54) is 23.1 Å². The molecule has 0 aliphatic heterocycles. The fourth-order valence-electron chi connectivity index (χ4n) is 2.11. The molecule has 5 heteroatoms. The van der Waals surface area contributed by atoms with Crippen LogP contribution < -0.4 is 4.74 Å². The van der Waals surface area contributed by atoms with Gasteiger partial charge in [-0.25, -0.2) is 4.39 Å². The van der Waals surface area contributed by atoms with Gasteiger partial charge in [-0.3, -0.25) is 4.79 Å². The van der Waals surface area contributed by atoms with Crippen molar-refractivity contribution < 1.29 is 19.0 Å². The van der Waals surface area contributed by atoms with Crippen LogP contribution in [0.15, 0.2) is 24.3 Å². The Bertz CT molecular complexity index is 476. The lowest BCUT2D eigenvalue weighted by Crippen LogP contribution is -2.42. The van der Waals surface area contributed by atoms with E-state index >= 15 is 0 Å². The first-order valence-electron chi connectivity index (χ1n) is 6.82. The van der Waals surface area contributed by atoms with Crippen molar-refractivity contribution in [1.82, 2.24) is 4.90 Å². The minimum Gasteiger partial charge on any atom is -0.481 e. The van der Waals surface area contributed by atoms with E-state index in [1.54, 1.807) is 20.0 Å². The maximum atomic E-state index is 13.0. The zero-order chi connectivity index (χ0) is 14.7. The van der Waals surface area contributed by atoms with Gasteiger partial charge in [0, 0.05) is 19.7 Å². The molecular weight excluding hydrogens is 261 g/mol. The Balaban J connectivity index is 1.87. The molecule has 0 bridgehead atoms. The highest BCUT2D eigenvalue weighted by molar-refractivity contribution is 5.80. The summed E-state index contributed by atoms with van der Waals surface area (Å²) in [5, 5.41) is 9.83. The van der Waals surface area contributed by atoms with Gasteiger partial charge in [-0.15, -0.1) is 0 Å². The van der Waals surface area contributed by atoms with E-state index in [9.17, 15) is 14.3 Å². The standard InChI is InChI=1S/C15H20FNO3/c1-10(20-13-5-3-4-12(16)8-13)15(19)17(2)9-14(18)11-6-7-11/h3-5,8,10-11,14,18H,6-7,9H2,1-2H3. The van der Waals surface area contributed by atoms with Gasteiger partial charge in [-0.05, 0) is 37.8 Å². The van der Waals surface area contributed by atoms with E-state index in [1.807, 2.05) is 0 Å². The summed E-state index contributed by atoms with van der Waals surface area (Å²) in [5.74, 6) is 0.0142. The minimum atomic E-state index is -0.715. The lowest BCUT2D eigenvalue weighted by Gasteiger charge is -2.24. The van der Waals surface area contributed by atoms with Gasteiger partial charge >= 0.3 is 0 Å². The summed E-state index contributed by atoms with van der Waals surface area (Å²) < 4.78 is 18.5. The van der Waals surface area contributed by atoms with E-state index in [-0.39, 0.29) is 5.91 Å². The molecule has 0 heterocycles. The molecule has 20 heavy (non-hydrogen) atoms. The van der Waals surface area contributed by atoms with Crippen molar-refractivity contribution in [2.45, 2.75) is 32.0 Å². The van der Waals surface area contributed by atoms with Gasteiger partial charge < -0.3 is 14.7 Å². The van der Waals surface area contributed by atoms with Crippen LogP contribution in [0, 0.1) is 11.7 Å². The first-order valence-corrected chi connectivity index (χ1v) is 6.82. The number of aliphatic hydroxyl groups is 1. The summed E-state index contributed by atoms with van der Waals surface area (Å²) in [6.07, 6.45) is 0.871. The largest absolute Gasteiger partial charge is 0.481 e. The second kappa shape index (κ2) is 6.22. The summed E-state index contributed by atoms with van der Waals surface area (Å²) >= 11 is 0. The van der Waals surface area contributed by atoms with E-state index in [4.69, 9.17) is 4.74 Å². The summed E-state index contributed by atoms with van der Waals surface area (Å²) in [6.45, 7) is 1.92. The summed E-state index contributed by atoms with van der Waals surface area (Å²) in [7, 11) is 1.64. The van der Waals surface area contributed by atoms with Gasteiger partial charge in [-0.2, -0.15) is 0 Å². The van der Waals surface area contributed by atoms with Crippen molar-refractivity contribution in [2.75, 3.05) is 13.6 Å². The van der Waals surface area contributed by atoms with Crippen LogP contribution in [0.4, 0.5) is 4.39 Å². The number of hydrogen-bond donors (Lipinski definition) is 1.